The van der Waals surface area contributed by atoms with Crippen molar-refractivity contribution in [1.29, 1.82) is 0 Å². The van der Waals surface area contributed by atoms with E-state index in [9.17, 15) is 9.59 Å². The normalized spacial score (nSPS) is 10.8. The molecule has 0 radical (unpaired) electrons. The summed E-state index contributed by atoms with van der Waals surface area (Å²) < 4.78 is 11.1. The highest BCUT2D eigenvalue weighted by Crippen LogP contribution is 2.28. The maximum atomic E-state index is 11.6. The predicted molar refractivity (Wildman–Crippen MR) is 101 cm³/mol. The van der Waals surface area contributed by atoms with Crippen LogP contribution in [-0.2, 0) is 16.2 Å². The third kappa shape index (κ3) is 5.89. The van der Waals surface area contributed by atoms with Crippen LogP contribution in [0.3, 0.4) is 0 Å². The smallest absolute Gasteiger partial charge is 0.329 e. The number of ether oxygens (including phenoxy) is 2. The van der Waals surface area contributed by atoms with Gasteiger partial charge < -0.3 is 14.8 Å². The van der Waals surface area contributed by atoms with Crippen molar-refractivity contribution in [3.63, 3.8) is 0 Å². The summed E-state index contributed by atoms with van der Waals surface area (Å²) in [5.41, 5.74) is 2.87. The molecule has 0 atom stereocenters. The highest BCUT2D eigenvalue weighted by molar-refractivity contribution is 7.09. The first-order valence-corrected chi connectivity index (χ1v) is 8.84. The fourth-order valence-corrected chi connectivity index (χ4v) is 2.59. The number of nitrogens with zero attached hydrogens (tertiary/aromatic N) is 1. The summed E-state index contributed by atoms with van der Waals surface area (Å²) in [6.45, 7) is 3.99. The van der Waals surface area contributed by atoms with Crippen molar-refractivity contribution in [1.82, 2.24) is 10.7 Å². The first kappa shape index (κ1) is 19.5. The number of hydrazone groups is 1. The lowest BCUT2D eigenvalue weighted by molar-refractivity contribution is -0.139. The Morgan fingerprint density at radius 2 is 2.04 bits per heavy atom. The number of carbonyl (C=O) groups is 2. The van der Waals surface area contributed by atoms with E-state index in [4.69, 9.17) is 9.47 Å². The minimum atomic E-state index is -0.821. The molecule has 0 spiro atoms. The maximum absolute atomic E-state index is 11.6. The summed E-state index contributed by atoms with van der Waals surface area (Å²) in [7, 11) is 1.55. The zero-order valence-corrected chi connectivity index (χ0v) is 15.6. The zero-order chi connectivity index (χ0) is 18.9. The highest BCUT2D eigenvalue weighted by atomic mass is 32.1. The molecule has 2 rings (SSSR count). The lowest BCUT2D eigenvalue weighted by atomic mass is 10.2. The van der Waals surface area contributed by atoms with Gasteiger partial charge in [0, 0.05) is 10.9 Å². The average molecular weight is 375 g/mol. The second kappa shape index (κ2) is 9.57. The van der Waals surface area contributed by atoms with E-state index in [1.165, 1.54) is 6.21 Å². The first-order valence-electron chi connectivity index (χ1n) is 7.96. The van der Waals surface area contributed by atoms with E-state index in [0.717, 1.165) is 4.88 Å². The molecule has 0 saturated heterocycles. The lowest BCUT2D eigenvalue weighted by Gasteiger charge is -2.10. The molecule has 0 saturated carbocycles. The molecule has 2 aromatic rings. The van der Waals surface area contributed by atoms with Gasteiger partial charge in [0.15, 0.2) is 11.5 Å². The van der Waals surface area contributed by atoms with E-state index in [1.807, 2.05) is 17.5 Å². The molecule has 0 aliphatic rings. The van der Waals surface area contributed by atoms with E-state index < -0.39 is 11.8 Å². The number of methoxy groups -OCH3 is 1. The van der Waals surface area contributed by atoms with Crippen LogP contribution < -0.4 is 20.2 Å². The third-order valence-corrected chi connectivity index (χ3v) is 3.99. The monoisotopic (exact) mass is 375 g/mol. The van der Waals surface area contributed by atoms with Crippen molar-refractivity contribution in [2.45, 2.75) is 26.5 Å². The van der Waals surface area contributed by atoms with Gasteiger partial charge in [-0.15, -0.1) is 11.3 Å². The molecule has 0 aliphatic carbocycles. The molecule has 138 valence electrons. The van der Waals surface area contributed by atoms with E-state index >= 15 is 0 Å². The largest absolute Gasteiger partial charge is 0.493 e. The van der Waals surface area contributed by atoms with Crippen LogP contribution in [0.5, 0.6) is 11.5 Å². The molecule has 0 fully saturated rings. The molecule has 2 amide bonds. The van der Waals surface area contributed by atoms with Crippen molar-refractivity contribution < 1.29 is 19.1 Å². The van der Waals surface area contributed by atoms with Crippen LogP contribution in [-0.4, -0.2) is 31.2 Å². The Balaban J connectivity index is 1.95. The standard InChI is InChI=1S/C18H21N3O4S/c1-12(2)20-17(22)18(23)21-19-10-13-6-7-15(16(9-13)24-3)25-11-14-5-4-8-26-14/h4-10,12H,11H2,1-3H3,(H,20,22)(H,21,23)/b19-10-. The molecule has 1 aromatic heterocycles. The summed E-state index contributed by atoms with van der Waals surface area (Å²) in [6, 6.07) is 9.11. The second-order valence-corrected chi connectivity index (χ2v) is 6.64. The molecule has 0 aliphatic heterocycles. The van der Waals surface area contributed by atoms with Crippen LogP contribution in [0.15, 0.2) is 40.8 Å². The molecule has 1 aromatic carbocycles. The fourth-order valence-electron chi connectivity index (χ4n) is 1.97. The van der Waals surface area contributed by atoms with Crippen LogP contribution in [0.25, 0.3) is 0 Å². The zero-order valence-electron chi connectivity index (χ0n) is 14.8. The van der Waals surface area contributed by atoms with Gasteiger partial charge in [0.05, 0.1) is 13.3 Å². The van der Waals surface area contributed by atoms with Gasteiger partial charge in [-0.1, -0.05) is 6.07 Å². The Labute approximate surface area is 156 Å². The topological polar surface area (TPSA) is 89.0 Å². The van der Waals surface area contributed by atoms with Gasteiger partial charge in [0.2, 0.25) is 0 Å². The Bertz CT molecular complexity index is 773. The highest BCUT2D eigenvalue weighted by Gasteiger charge is 2.13. The summed E-state index contributed by atoms with van der Waals surface area (Å²) >= 11 is 1.62. The molecule has 26 heavy (non-hydrogen) atoms. The Morgan fingerprint density at radius 3 is 2.69 bits per heavy atom. The quantitative estimate of drug-likeness (QED) is 0.442. The average Bonchev–Trinajstić information content (AvgIpc) is 3.13. The number of amides is 2. The number of thiophene rings is 1. The van der Waals surface area contributed by atoms with E-state index in [-0.39, 0.29) is 6.04 Å². The van der Waals surface area contributed by atoms with Gasteiger partial charge >= 0.3 is 11.8 Å². The second-order valence-electron chi connectivity index (χ2n) is 5.61. The number of nitrogens with one attached hydrogen (secondary N) is 2. The Hall–Kier alpha value is -2.87. The van der Waals surface area contributed by atoms with E-state index in [2.05, 4.69) is 15.8 Å². The maximum Gasteiger partial charge on any atom is 0.329 e. The van der Waals surface area contributed by atoms with Crippen molar-refractivity contribution in [3.8, 4) is 11.5 Å². The SMILES string of the molecule is COc1cc(/C=N\NC(=O)C(=O)NC(C)C)ccc1OCc1cccs1. The molecule has 0 bridgehead atoms. The van der Waals surface area contributed by atoms with Crippen molar-refractivity contribution in [3.05, 3.63) is 46.2 Å². The third-order valence-electron chi connectivity index (χ3n) is 3.14. The first-order chi connectivity index (χ1) is 12.5. The molecule has 1 heterocycles. The van der Waals surface area contributed by atoms with Gasteiger partial charge in [-0.25, -0.2) is 5.43 Å². The van der Waals surface area contributed by atoms with Gasteiger partial charge in [0.1, 0.15) is 6.61 Å². The summed E-state index contributed by atoms with van der Waals surface area (Å²) in [4.78, 5) is 24.2. The summed E-state index contributed by atoms with van der Waals surface area (Å²) in [5, 5.41) is 8.25. The number of benzene rings is 1. The van der Waals surface area contributed by atoms with Crippen LogP contribution in [0, 0.1) is 0 Å². The number of carbonyl (C=O) groups excluding carboxylic acids is 2. The fraction of sp³-hybridized carbons (Fsp3) is 0.278. The molecule has 0 unspecified atom stereocenters. The number of hydrogen-bond acceptors (Lipinski definition) is 6. The molecule has 2 N–H and O–H groups in total. The van der Waals surface area contributed by atoms with E-state index in [1.54, 1.807) is 50.5 Å². The van der Waals surface area contributed by atoms with Gasteiger partial charge in [-0.3, -0.25) is 9.59 Å². The van der Waals surface area contributed by atoms with Gasteiger partial charge in [0.25, 0.3) is 0 Å². The minimum Gasteiger partial charge on any atom is -0.493 e. The summed E-state index contributed by atoms with van der Waals surface area (Å²) in [5.74, 6) is -0.391. The van der Waals surface area contributed by atoms with Crippen molar-refractivity contribution >= 4 is 29.4 Å². The molecule has 7 nitrogen and oxygen atoms in total. The lowest BCUT2D eigenvalue weighted by Crippen LogP contribution is -2.41. The molecule has 8 heteroatoms. The van der Waals surface area contributed by atoms with Gasteiger partial charge in [-0.2, -0.15) is 5.10 Å². The number of rotatable bonds is 7. The van der Waals surface area contributed by atoms with Crippen LogP contribution >= 0.6 is 11.3 Å². The van der Waals surface area contributed by atoms with Crippen LogP contribution in [0.4, 0.5) is 0 Å². The van der Waals surface area contributed by atoms with Gasteiger partial charge in [-0.05, 0) is 49.1 Å². The molecular formula is C18H21N3O4S. The summed E-state index contributed by atoms with van der Waals surface area (Å²) in [6.07, 6.45) is 1.42. The number of hydrogen-bond donors (Lipinski definition) is 2. The van der Waals surface area contributed by atoms with Crippen molar-refractivity contribution in [2.75, 3.05) is 7.11 Å². The molecular weight excluding hydrogens is 354 g/mol. The Kier molecular flexibility index (Phi) is 7.16. The van der Waals surface area contributed by atoms with Crippen LogP contribution in [0.1, 0.15) is 24.3 Å². The Morgan fingerprint density at radius 1 is 1.23 bits per heavy atom. The minimum absolute atomic E-state index is 0.122. The predicted octanol–water partition coefficient (Wildman–Crippen LogP) is 2.31. The van der Waals surface area contributed by atoms with E-state index in [0.29, 0.717) is 23.7 Å². The van der Waals surface area contributed by atoms with Crippen LogP contribution in [0.2, 0.25) is 0 Å². The van der Waals surface area contributed by atoms with Crippen molar-refractivity contribution in [2.24, 2.45) is 5.10 Å².